The summed E-state index contributed by atoms with van der Waals surface area (Å²) in [7, 11) is 0. The van der Waals surface area contributed by atoms with E-state index in [0.717, 1.165) is 24.9 Å². The molecular weight excluding hydrogens is 286 g/mol. The number of likely N-dealkylation sites (tertiary alicyclic amines) is 1. The average molecular weight is 309 g/mol. The van der Waals surface area contributed by atoms with Crippen LogP contribution >= 0.6 is 11.3 Å². The fraction of sp³-hybridized carbons (Fsp3) is 0.625. The van der Waals surface area contributed by atoms with E-state index < -0.39 is 5.97 Å². The first-order valence-corrected chi connectivity index (χ1v) is 8.24. The number of aromatic carboxylic acids is 1. The third-order valence-electron chi connectivity index (χ3n) is 4.33. The van der Waals surface area contributed by atoms with Crippen molar-refractivity contribution in [1.29, 1.82) is 0 Å². The van der Waals surface area contributed by atoms with Crippen molar-refractivity contribution >= 4 is 23.2 Å². The first-order chi connectivity index (χ1) is 9.79. The minimum atomic E-state index is -0.908. The highest BCUT2D eigenvalue weighted by molar-refractivity contribution is 7.12. The van der Waals surface area contributed by atoms with Gasteiger partial charge in [-0.1, -0.05) is 20.8 Å². The van der Waals surface area contributed by atoms with Crippen LogP contribution in [0, 0.1) is 11.3 Å². The first kappa shape index (κ1) is 16.0. The second-order valence-electron chi connectivity index (χ2n) is 6.79. The molecule has 0 radical (unpaired) electrons. The summed E-state index contributed by atoms with van der Waals surface area (Å²) in [5.74, 6) is -0.230. The van der Waals surface area contributed by atoms with E-state index >= 15 is 0 Å². The minimum Gasteiger partial charge on any atom is -0.477 e. The Bertz CT molecular complexity index is 530. The largest absolute Gasteiger partial charge is 0.477 e. The summed E-state index contributed by atoms with van der Waals surface area (Å²) >= 11 is 1.22. The number of amides is 1. The smallest absolute Gasteiger partial charge is 0.346 e. The standard InChI is InChI=1S/C16H23NO3S/c1-16(2,3)12-4-5-13(18)17(8-6-12)10-11-7-9-21-14(11)15(19)20/h7,9,12H,4-6,8,10H2,1-3H3,(H,19,20). The van der Waals surface area contributed by atoms with Crippen LogP contribution in [0.1, 0.15) is 55.3 Å². The lowest BCUT2D eigenvalue weighted by Crippen LogP contribution is -2.30. The SMILES string of the molecule is CC(C)(C)C1CCC(=O)N(Cc2ccsc2C(=O)O)CC1. The van der Waals surface area contributed by atoms with E-state index in [4.69, 9.17) is 5.11 Å². The number of rotatable bonds is 3. The summed E-state index contributed by atoms with van der Waals surface area (Å²) in [6, 6.07) is 1.81. The highest BCUT2D eigenvalue weighted by Gasteiger charge is 2.30. The van der Waals surface area contributed by atoms with Crippen LogP contribution in [-0.4, -0.2) is 28.4 Å². The predicted molar refractivity (Wildman–Crippen MR) is 83.5 cm³/mol. The van der Waals surface area contributed by atoms with E-state index in [-0.39, 0.29) is 11.3 Å². The summed E-state index contributed by atoms with van der Waals surface area (Å²) in [5, 5.41) is 10.9. The molecule has 1 aliphatic rings. The van der Waals surface area contributed by atoms with Crippen molar-refractivity contribution in [2.75, 3.05) is 6.54 Å². The molecule has 1 amide bonds. The van der Waals surface area contributed by atoms with Crippen LogP contribution in [0.25, 0.3) is 0 Å². The van der Waals surface area contributed by atoms with Gasteiger partial charge >= 0.3 is 5.97 Å². The summed E-state index contributed by atoms with van der Waals surface area (Å²) < 4.78 is 0. The normalized spacial score (nSPS) is 20.4. The number of thiophene rings is 1. The molecule has 2 rings (SSSR count). The van der Waals surface area contributed by atoms with Gasteiger partial charge in [-0.3, -0.25) is 4.79 Å². The molecule has 1 unspecified atom stereocenters. The summed E-state index contributed by atoms with van der Waals surface area (Å²) in [6.07, 6.45) is 2.48. The lowest BCUT2D eigenvalue weighted by Gasteiger charge is -2.29. The molecule has 1 aromatic rings. The van der Waals surface area contributed by atoms with E-state index in [1.807, 2.05) is 11.0 Å². The minimum absolute atomic E-state index is 0.143. The highest BCUT2D eigenvalue weighted by atomic mass is 32.1. The highest BCUT2D eigenvalue weighted by Crippen LogP contribution is 2.35. The molecule has 0 aromatic carbocycles. The van der Waals surface area contributed by atoms with Crippen molar-refractivity contribution in [2.45, 2.75) is 46.6 Å². The Balaban J connectivity index is 2.08. The van der Waals surface area contributed by atoms with Gasteiger partial charge in [0.25, 0.3) is 0 Å². The molecule has 0 saturated carbocycles. The lowest BCUT2D eigenvalue weighted by molar-refractivity contribution is -0.131. The van der Waals surface area contributed by atoms with Crippen molar-refractivity contribution < 1.29 is 14.7 Å². The second-order valence-corrected chi connectivity index (χ2v) is 7.70. The fourth-order valence-corrected chi connectivity index (χ4v) is 3.68. The number of hydrogen-bond acceptors (Lipinski definition) is 3. The summed E-state index contributed by atoms with van der Waals surface area (Å²) in [5.41, 5.74) is 0.959. The van der Waals surface area contributed by atoms with Crippen LogP contribution in [-0.2, 0) is 11.3 Å². The Morgan fingerprint density at radius 2 is 2.14 bits per heavy atom. The van der Waals surface area contributed by atoms with Gasteiger partial charge in [-0.15, -0.1) is 11.3 Å². The summed E-state index contributed by atoms with van der Waals surface area (Å²) in [4.78, 5) is 25.6. The topological polar surface area (TPSA) is 57.6 Å². The average Bonchev–Trinajstić information content (AvgIpc) is 2.75. The van der Waals surface area contributed by atoms with E-state index in [0.29, 0.717) is 23.8 Å². The number of hydrogen-bond donors (Lipinski definition) is 1. The van der Waals surface area contributed by atoms with Gasteiger partial charge in [-0.25, -0.2) is 4.79 Å². The van der Waals surface area contributed by atoms with E-state index in [9.17, 15) is 9.59 Å². The zero-order valence-electron chi connectivity index (χ0n) is 12.9. The van der Waals surface area contributed by atoms with Crippen LogP contribution in [0.4, 0.5) is 0 Å². The van der Waals surface area contributed by atoms with Crippen molar-refractivity contribution in [3.63, 3.8) is 0 Å². The molecule has 0 bridgehead atoms. The number of carbonyl (C=O) groups excluding carboxylic acids is 1. The van der Waals surface area contributed by atoms with Crippen LogP contribution in [0.5, 0.6) is 0 Å². The molecule has 2 heterocycles. The number of carboxylic acid groups (broad SMARTS) is 1. The third-order valence-corrected chi connectivity index (χ3v) is 5.28. The Morgan fingerprint density at radius 3 is 2.76 bits per heavy atom. The monoisotopic (exact) mass is 309 g/mol. The van der Waals surface area contributed by atoms with Gasteiger partial charge in [0.2, 0.25) is 5.91 Å². The Labute approximate surface area is 129 Å². The molecule has 4 nitrogen and oxygen atoms in total. The van der Waals surface area contributed by atoms with Gasteiger partial charge < -0.3 is 10.0 Å². The molecule has 116 valence electrons. The maximum absolute atomic E-state index is 12.3. The van der Waals surface area contributed by atoms with E-state index in [1.54, 1.807) is 5.38 Å². The first-order valence-electron chi connectivity index (χ1n) is 7.36. The molecule has 0 spiro atoms. The molecule has 1 aliphatic heterocycles. The molecule has 1 atom stereocenters. The maximum Gasteiger partial charge on any atom is 0.346 e. The zero-order valence-corrected chi connectivity index (χ0v) is 13.7. The van der Waals surface area contributed by atoms with Gasteiger partial charge in [0.15, 0.2) is 0 Å². The van der Waals surface area contributed by atoms with Crippen molar-refractivity contribution in [1.82, 2.24) is 4.90 Å². The third kappa shape index (κ3) is 3.84. The van der Waals surface area contributed by atoms with Crippen LogP contribution in [0.15, 0.2) is 11.4 Å². The van der Waals surface area contributed by atoms with Crippen LogP contribution in [0.3, 0.4) is 0 Å². The van der Waals surface area contributed by atoms with Crippen molar-refractivity contribution in [3.05, 3.63) is 21.9 Å². The van der Waals surface area contributed by atoms with Gasteiger partial charge in [0, 0.05) is 19.5 Å². The molecular formula is C16H23NO3S. The Kier molecular flexibility index (Phi) is 4.71. The fourth-order valence-electron chi connectivity index (χ4n) is 2.92. The second kappa shape index (κ2) is 6.18. The molecule has 1 N–H and O–H groups in total. The quantitative estimate of drug-likeness (QED) is 0.927. The molecule has 1 fully saturated rings. The van der Waals surface area contributed by atoms with Crippen molar-refractivity contribution in [2.24, 2.45) is 11.3 Å². The number of carboxylic acids is 1. The van der Waals surface area contributed by atoms with Crippen LogP contribution in [0.2, 0.25) is 0 Å². The van der Waals surface area contributed by atoms with Gasteiger partial charge in [0.05, 0.1) is 0 Å². The maximum atomic E-state index is 12.3. The van der Waals surface area contributed by atoms with Crippen molar-refractivity contribution in [3.8, 4) is 0 Å². The predicted octanol–water partition coefficient (Wildman–Crippen LogP) is 3.62. The lowest BCUT2D eigenvalue weighted by atomic mass is 9.77. The molecule has 0 aliphatic carbocycles. The van der Waals surface area contributed by atoms with E-state index in [1.165, 1.54) is 11.3 Å². The number of nitrogens with zero attached hydrogens (tertiary/aromatic N) is 1. The Morgan fingerprint density at radius 1 is 1.43 bits per heavy atom. The van der Waals surface area contributed by atoms with Gasteiger partial charge in [-0.05, 0) is 41.2 Å². The molecule has 21 heavy (non-hydrogen) atoms. The summed E-state index contributed by atoms with van der Waals surface area (Å²) in [6.45, 7) is 7.80. The van der Waals surface area contributed by atoms with E-state index in [2.05, 4.69) is 20.8 Å². The zero-order chi connectivity index (χ0) is 15.6. The van der Waals surface area contributed by atoms with Gasteiger partial charge in [0.1, 0.15) is 4.88 Å². The molecule has 1 saturated heterocycles. The Hall–Kier alpha value is -1.36. The van der Waals surface area contributed by atoms with Gasteiger partial charge in [-0.2, -0.15) is 0 Å². The molecule has 1 aromatic heterocycles. The van der Waals surface area contributed by atoms with Crippen LogP contribution < -0.4 is 0 Å². The molecule has 5 heteroatoms. The number of carbonyl (C=O) groups is 2.